The van der Waals surface area contributed by atoms with Gasteiger partial charge in [0.05, 0.1) is 5.69 Å². The molecular formula is C18H26N6O. The molecule has 0 spiro atoms. The Kier molecular flexibility index (Phi) is 6.11. The average molecular weight is 342 g/mol. The molecule has 7 nitrogen and oxygen atoms in total. The van der Waals surface area contributed by atoms with Crippen LogP contribution in [-0.2, 0) is 0 Å². The van der Waals surface area contributed by atoms with E-state index in [2.05, 4.69) is 32.8 Å². The van der Waals surface area contributed by atoms with E-state index in [1.54, 1.807) is 12.1 Å². The van der Waals surface area contributed by atoms with Crippen molar-refractivity contribution in [2.45, 2.75) is 44.6 Å². The third-order valence-electron chi connectivity index (χ3n) is 4.89. The molecular weight excluding hydrogens is 316 g/mol. The van der Waals surface area contributed by atoms with Gasteiger partial charge in [-0.2, -0.15) is 0 Å². The number of aromatic nitrogens is 4. The van der Waals surface area contributed by atoms with Crippen molar-refractivity contribution in [1.82, 2.24) is 30.4 Å². The van der Waals surface area contributed by atoms with Gasteiger partial charge in [-0.05, 0) is 61.5 Å². The highest BCUT2D eigenvalue weighted by Crippen LogP contribution is 2.21. The lowest BCUT2D eigenvalue weighted by Crippen LogP contribution is -2.35. The van der Waals surface area contributed by atoms with Crippen molar-refractivity contribution in [2.75, 3.05) is 20.1 Å². The van der Waals surface area contributed by atoms with Gasteiger partial charge in [-0.3, -0.25) is 4.79 Å². The molecule has 1 amide bonds. The molecule has 1 N–H and O–H groups in total. The normalized spacial score (nSPS) is 15.4. The lowest BCUT2D eigenvalue weighted by Gasteiger charge is -2.31. The van der Waals surface area contributed by atoms with Crippen LogP contribution in [-0.4, -0.2) is 57.2 Å². The molecule has 1 aromatic heterocycles. The number of rotatable bonds is 7. The highest BCUT2D eigenvalue weighted by Gasteiger charge is 2.17. The SMILES string of the molecule is CN(CCCNC(=O)c1cccc(-n2cnnn2)c1)C1CCCCC1. The second kappa shape index (κ2) is 8.71. The van der Waals surface area contributed by atoms with Gasteiger partial charge in [0.1, 0.15) is 6.33 Å². The predicted octanol–water partition coefficient (Wildman–Crippen LogP) is 2.05. The zero-order valence-corrected chi connectivity index (χ0v) is 14.8. The van der Waals surface area contributed by atoms with Gasteiger partial charge in [0.15, 0.2) is 0 Å². The number of hydrogen-bond acceptors (Lipinski definition) is 5. The van der Waals surface area contributed by atoms with Crippen molar-refractivity contribution in [2.24, 2.45) is 0 Å². The monoisotopic (exact) mass is 342 g/mol. The van der Waals surface area contributed by atoms with Crippen LogP contribution in [0.5, 0.6) is 0 Å². The molecule has 1 saturated carbocycles. The molecule has 7 heteroatoms. The van der Waals surface area contributed by atoms with Gasteiger partial charge in [0.25, 0.3) is 5.91 Å². The first-order valence-electron chi connectivity index (χ1n) is 9.06. The van der Waals surface area contributed by atoms with Crippen molar-refractivity contribution >= 4 is 5.91 Å². The first-order chi connectivity index (χ1) is 12.2. The summed E-state index contributed by atoms with van der Waals surface area (Å²) in [4.78, 5) is 14.8. The highest BCUT2D eigenvalue weighted by molar-refractivity contribution is 5.94. The maximum absolute atomic E-state index is 12.3. The third-order valence-corrected chi connectivity index (χ3v) is 4.89. The van der Waals surface area contributed by atoms with Crippen LogP contribution in [0.15, 0.2) is 30.6 Å². The number of amides is 1. The summed E-state index contributed by atoms with van der Waals surface area (Å²) in [5.41, 5.74) is 1.39. The van der Waals surface area contributed by atoms with Gasteiger partial charge >= 0.3 is 0 Å². The topological polar surface area (TPSA) is 75.9 Å². The third kappa shape index (κ3) is 4.85. The standard InChI is InChI=1S/C18H26N6O/c1-23(16-8-3-2-4-9-16)12-6-11-19-18(25)15-7-5-10-17(13-15)24-14-20-21-22-24/h5,7,10,13-14,16H,2-4,6,8-9,11-12H2,1H3,(H,19,25). The van der Waals surface area contributed by atoms with Crippen LogP contribution in [0.25, 0.3) is 5.69 Å². The van der Waals surface area contributed by atoms with E-state index in [9.17, 15) is 4.79 Å². The summed E-state index contributed by atoms with van der Waals surface area (Å²) >= 11 is 0. The van der Waals surface area contributed by atoms with E-state index in [0.29, 0.717) is 12.1 Å². The van der Waals surface area contributed by atoms with E-state index in [1.165, 1.54) is 43.1 Å². The molecule has 1 aromatic carbocycles. The fourth-order valence-corrected chi connectivity index (χ4v) is 3.41. The van der Waals surface area contributed by atoms with Crippen LogP contribution in [0.1, 0.15) is 48.9 Å². The van der Waals surface area contributed by atoms with Gasteiger partial charge in [-0.15, -0.1) is 5.10 Å². The average Bonchev–Trinajstić information content (AvgIpc) is 3.20. The smallest absolute Gasteiger partial charge is 0.251 e. The van der Waals surface area contributed by atoms with Gasteiger partial charge < -0.3 is 10.2 Å². The molecule has 3 rings (SSSR count). The molecule has 1 aliphatic carbocycles. The van der Waals surface area contributed by atoms with E-state index in [4.69, 9.17) is 0 Å². The lowest BCUT2D eigenvalue weighted by atomic mass is 9.94. The first kappa shape index (κ1) is 17.5. The number of nitrogens with zero attached hydrogens (tertiary/aromatic N) is 5. The molecule has 25 heavy (non-hydrogen) atoms. The minimum absolute atomic E-state index is 0.0600. The fourth-order valence-electron chi connectivity index (χ4n) is 3.41. The summed E-state index contributed by atoms with van der Waals surface area (Å²) in [5, 5.41) is 14.1. The lowest BCUT2D eigenvalue weighted by molar-refractivity contribution is 0.0950. The molecule has 1 fully saturated rings. The Morgan fingerprint density at radius 1 is 1.32 bits per heavy atom. The zero-order valence-electron chi connectivity index (χ0n) is 14.8. The Bertz CT molecular complexity index is 666. The molecule has 1 aliphatic rings. The minimum atomic E-state index is -0.0600. The number of nitrogens with one attached hydrogen (secondary N) is 1. The van der Waals surface area contributed by atoms with E-state index >= 15 is 0 Å². The Hall–Kier alpha value is -2.28. The second-order valence-electron chi connectivity index (χ2n) is 6.69. The fraction of sp³-hybridized carbons (Fsp3) is 0.556. The Labute approximate surface area is 148 Å². The van der Waals surface area contributed by atoms with E-state index in [1.807, 2.05) is 12.1 Å². The molecule has 1 heterocycles. The summed E-state index contributed by atoms with van der Waals surface area (Å²) in [6, 6.07) is 8.02. The number of tetrazole rings is 1. The van der Waals surface area contributed by atoms with Crippen LogP contribution in [0.2, 0.25) is 0 Å². The predicted molar refractivity (Wildman–Crippen MR) is 95.6 cm³/mol. The van der Waals surface area contributed by atoms with Crippen LogP contribution in [0.4, 0.5) is 0 Å². The Balaban J connectivity index is 1.44. The van der Waals surface area contributed by atoms with E-state index < -0.39 is 0 Å². The van der Waals surface area contributed by atoms with E-state index in [-0.39, 0.29) is 5.91 Å². The summed E-state index contributed by atoms with van der Waals surface area (Å²) in [5.74, 6) is -0.0600. The summed E-state index contributed by atoms with van der Waals surface area (Å²) in [6.07, 6.45) is 9.18. The molecule has 0 atom stereocenters. The Morgan fingerprint density at radius 2 is 2.16 bits per heavy atom. The first-order valence-corrected chi connectivity index (χ1v) is 9.06. The maximum atomic E-state index is 12.3. The Morgan fingerprint density at radius 3 is 2.92 bits per heavy atom. The van der Waals surface area contributed by atoms with Crippen LogP contribution in [0, 0.1) is 0 Å². The number of benzene rings is 1. The zero-order chi connectivity index (χ0) is 17.5. The van der Waals surface area contributed by atoms with Crippen molar-refractivity contribution in [3.63, 3.8) is 0 Å². The van der Waals surface area contributed by atoms with Crippen molar-refractivity contribution in [1.29, 1.82) is 0 Å². The highest BCUT2D eigenvalue weighted by atomic mass is 16.1. The number of carbonyl (C=O) groups excluding carboxylic acids is 1. The van der Waals surface area contributed by atoms with Gasteiger partial charge in [0, 0.05) is 18.2 Å². The molecule has 0 saturated heterocycles. The van der Waals surface area contributed by atoms with Crippen molar-refractivity contribution in [3.8, 4) is 5.69 Å². The van der Waals surface area contributed by atoms with E-state index in [0.717, 1.165) is 24.7 Å². The molecule has 0 unspecified atom stereocenters. The maximum Gasteiger partial charge on any atom is 0.251 e. The number of hydrogen-bond donors (Lipinski definition) is 1. The minimum Gasteiger partial charge on any atom is -0.352 e. The summed E-state index contributed by atoms with van der Waals surface area (Å²) in [7, 11) is 2.20. The molecule has 2 aromatic rings. The van der Waals surface area contributed by atoms with Gasteiger partial charge in [0.2, 0.25) is 0 Å². The van der Waals surface area contributed by atoms with Crippen LogP contribution >= 0.6 is 0 Å². The second-order valence-corrected chi connectivity index (χ2v) is 6.69. The van der Waals surface area contributed by atoms with Crippen LogP contribution < -0.4 is 5.32 Å². The van der Waals surface area contributed by atoms with Crippen LogP contribution in [0.3, 0.4) is 0 Å². The number of carbonyl (C=O) groups is 1. The molecule has 0 aliphatic heterocycles. The van der Waals surface area contributed by atoms with Gasteiger partial charge in [-0.25, -0.2) is 4.68 Å². The summed E-state index contributed by atoms with van der Waals surface area (Å²) < 4.78 is 1.54. The molecule has 134 valence electrons. The molecule has 0 radical (unpaired) electrons. The quantitative estimate of drug-likeness (QED) is 0.779. The largest absolute Gasteiger partial charge is 0.352 e. The van der Waals surface area contributed by atoms with Gasteiger partial charge in [-0.1, -0.05) is 25.3 Å². The van der Waals surface area contributed by atoms with Crippen molar-refractivity contribution < 1.29 is 4.79 Å². The van der Waals surface area contributed by atoms with Crippen molar-refractivity contribution in [3.05, 3.63) is 36.2 Å². The summed E-state index contributed by atoms with van der Waals surface area (Å²) in [6.45, 7) is 1.71. The molecule has 0 bridgehead atoms.